The molecule has 0 atom stereocenters. The number of aromatic nitrogens is 2. The highest BCUT2D eigenvalue weighted by Crippen LogP contribution is 2.28. The van der Waals surface area contributed by atoms with Gasteiger partial charge in [0.05, 0.1) is 6.54 Å². The van der Waals surface area contributed by atoms with Crippen molar-refractivity contribution in [1.29, 1.82) is 0 Å². The third-order valence-corrected chi connectivity index (χ3v) is 4.80. The number of oxazole rings is 1. The van der Waals surface area contributed by atoms with Gasteiger partial charge in [0, 0.05) is 27.3 Å². The highest BCUT2D eigenvalue weighted by atomic mass is 35.5. The molecule has 7 heteroatoms. The largest absolute Gasteiger partial charge is 0.436 e. The summed E-state index contributed by atoms with van der Waals surface area (Å²) in [4.78, 5) is 9.61. The van der Waals surface area contributed by atoms with Gasteiger partial charge in [0.2, 0.25) is 5.89 Å². The van der Waals surface area contributed by atoms with Crippen molar-refractivity contribution in [2.24, 2.45) is 0 Å². The first-order valence-electron chi connectivity index (χ1n) is 7.18. The van der Waals surface area contributed by atoms with Gasteiger partial charge in [0.25, 0.3) is 0 Å². The SMILES string of the molecule is Clc1ccc2oc(-c3cccc(NCc4cnc(Cl)s4)c3)nc2c1. The lowest BCUT2D eigenvalue weighted by atomic mass is 10.2. The average molecular weight is 376 g/mol. The minimum Gasteiger partial charge on any atom is -0.436 e. The molecular formula is C17H11Cl2N3OS. The summed E-state index contributed by atoms with van der Waals surface area (Å²) in [5.41, 5.74) is 3.33. The van der Waals surface area contributed by atoms with E-state index < -0.39 is 0 Å². The van der Waals surface area contributed by atoms with Crippen LogP contribution in [0.2, 0.25) is 9.49 Å². The zero-order valence-corrected chi connectivity index (χ0v) is 14.6. The molecule has 1 N–H and O–H groups in total. The topological polar surface area (TPSA) is 51.0 Å². The van der Waals surface area contributed by atoms with Gasteiger partial charge in [-0.3, -0.25) is 0 Å². The average Bonchev–Trinajstić information content (AvgIpc) is 3.19. The Morgan fingerprint density at radius 1 is 1.12 bits per heavy atom. The van der Waals surface area contributed by atoms with E-state index in [1.807, 2.05) is 30.3 Å². The van der Waals surface area contributed by atoms with E-state index in [0.717, 1.165) is 21.6 Å². The van der Waals surface area contributed by atoms with Gasteiger partial charge in [-0.15, -0.1) is 11.3 Å². The van der Waals surface area contributed by atoms with Crippen LogP contribution in [0.5, 0.6) is 0 Å². The molecule has 2 aromatic carbocycles. The molecule has 120 valence electrons. The molecule has 4 rings (SSSR count). The van der Waals surface area contributed by atoms with Gasteiger partial charge in [0.1, 0.15) is 5.52 Å². The van der Waals surface area contributed by atoms with Crippen LogP contribution in [-0.2, 0) is 6.54 Å². The van der Waals surface area contributed by atoms with Crippen LogP contribution in [0, 0.1) is 0 Å². The number of halogens is 2. The summed E-state index contributed by atoms with van der Waals surface area (Å²) in [7, 11) is 0. The molecule has 0 bridgehead atoms. The van der Waals surface area contributed by atoms with Crippen LogP contribution in [0.15, 0.2) is 53.1 Å². The molecule has 0 radical (unpaired) electrons. The van der Waals surface area contributed by atoms with E-state index in [-0.39, 0.29) is 0 Å². The van der Waals surface area contributed by atoms with Crippen LogP contribution in [0.25, 0.3) is 22.6 Å². The second-order valence-electron chi connectivity index (χ2n) is 5.14. The third kappa shape index (κ3) is 3.24. The quantitative estimate of drug-likeness (QED) is 0.484. The predicted molar refractivity (Wildman–Crippen MR) is 98.9 cm³/mol. The maximum atomic E-state index is 6.00. The number of hydrogen-bond donors (Lipinski definition) is 1. The van der Waals surface area contributed by atoms with Gasteiger partial charge < -0.3 is 9.73 Å². The van der Waals surface area contributed by atoms with E-state index in [0.29, 0.717) is 27.5 Å². The predicted octanol–water partition coefficient (Wildman–Crippen LogP) is 5.87. The number of hydrogen-bond acceptors (Lipinski definition) is 5. The Morgan fingerprint density at radius 2 is 2.04 bits per heavy atom. The molecule has 0 saturated heterocycles. The van der Waals surface area contributed by atoms with Crippen LogP contribution in [0.1, 0.15) is 4.88 Å². The number of thiazole rings is 1. The summed E-state index contributed by atoms with van der Waals surface area (Å²) >= 11 is 13.3. The molecule has 0 aliphatic heterocycles. The van der Waals surface area contributed by atoms with E-state index in [4.69, 9.17) is 27.6 Å². The summed E-state index contributed by atoms with van der Waals surface area (Å²) in [6.07, 6.45) is 1.77. The molecular weight excluding hydrogens is 365 g/mol. The summed E-state index contributed by atoms with van der Waals surface area (Å²) in [5.74, 6) is 0.566. The van der Waals surface area contributed by atoms with Crippen molar-refractivity contribution in [3.8, 4) is 11.5 Å². The zero-order chi connectivity index (χ0) is 16.5. The maximum absolute atomic E-state index is 6.00. The first-order chi connectivity index (χ1) is 11.7. The monoisotopic (exact) mass is 375 g/mol. The number of benzene rings is 2. The fourth-order valence-electron chi connectivity index (χ4n) is 2.34. The van der Waals surface area contributed by atoms with Crippen LogP contribution in [-0.4, -0.2) is 9.97 Å². The summed E-state index contributed by atoms with van der Waals surface area (Å²) in [6.45, 7) is 0.664. The van der Waals surface area contributed by atoms with Crippen molar-refractivity contribution in [3.63, 3.8) is 0 Å². The van der Waals surface area contributed by atoms with Crippen molar-refractivity contribution in [1.82, 2.24) is 9.97 Å². The first-order valence-corrected chi connectivity index (χ1v) is 8.75. The van der Waals surface area contributed by atoms with Gasteiger partial charge in [-0.1, -0.05) is 29.3 Å². The number of anilines is 1. The number of rotatable bonds is 4. The normalized spacial score (nSPS) is 11.1. The lowest BCUT2D eigenvalue weighted by Crippen LogP contribution is -1.97. The van der Waals surface area contributed by atoms with Crippen LogP contribution in [0.4, 0.5) is 5.69 Å². The Bertz CT molecular complexity index is 1010. The fourth-order valence-corrected chi connectivity index (χ4v) is 3.42. The Balaban J connectivity index is 1.58. The minimum atomic E-state index is 0.547. The highest BCUT2D eigenvalue weighted by molar-refractivity contribution is 7.15. The second-order valence-corrected chi connectivity index (χ2v) is 7.28. The van der Waals surface area contributed by atoms with Crippen LogP contribution in [0.3, 0.4) is 0 Å². The Kier molecular flexibility index (Phi) is 4.14. The van der Waals surface area contributed by atoms with Crippen molar-refractivity contribution in [3.05, 3.63) is 63.0 Å². The van der Waals surface area contributed by atoms with E-state index >= 15 is 0 Å². The van der Waals surface area contributed by atoms with E-state index in [1.165, 1.54) is 11.3 Å². The molecule has 0 saturated carbocycles. The molecule has 0 aliphatic rings. The first kappa shape index (κ1) is 15.4. The molecule has 0 unspecified atom stereocenters. The van der Waals surface area contributed by atoms with Crippen molar-refractivity contribution in [2.75, 3.05) is 5.32 Å². The van der Waals surface area contributed by atoms with Crippen LogP contribution < -0.4 is 5.32 Å². The summed E-state index contributed by atoms with van der Waals surface area (Å²) in [6, 6.07) is 13.3. The third-order valence-electron chi connectivity index (χ3n) is 3.45. The Labute approximate surface area is 152 Å². The number of nitrogens with one attached hydrogen (secondary N) is 1. The van der Waals surface area contributed by atoms with E-state index in [1.54, 1.807) is 18.3 Å². The number of fused-ring (bicyclic) bond motifs is 1. The van der Waals surface area contributed by atoms with E-state index in [9.17, 15) is 0 Å². The number of nitrogens with zero attached hydrogens (tertiary/aromatic N) is 2. The second kappa shape index (κ2) is 6.43. The molecule has 0 amide bonds. The van der Waals surface area contributed by atoms with Crippen molar-refractivity contribution in [2.45, 2.75) is 6.54 Å². The zero-order valence-electron chi connectivity index (χ0n) is 12.3. The molecule has 4 nitrogen and oxygen atoms in total. The Morgan fingerprint density at radius 3 is 2.88 bits per heavy atom. The van der Waals surface area contributed by atoms with Gasteiger partial charge in [-0.2, -0.15) is 0 Å². The molecule has 0 aliphatic carbocycles. The lowest BCUT2D eigenvalue weighted by molar-refractivity contribution is 0.620. The van der Waals surface area contributed by atoms with Gasteiger partial charge in [0.15, 0.2) is 10.0 Å². The highest BCUT2D eigenvalue weighted by Gasteiger charge is 2.09. The molecule has 4 aromatic rings. The maximum Gasteiger partial charge on any atom is 0.227 e. The van der Waals surface area contributed by atoms with E-state index in [2.05, 4.69) is 15.3 Å². The summed E-state index contributed by atoms with van der Waals surface area (Å²) in [5, 5.41) is 3.99. The summed E-state index contributed by atoms with van der Waals surface area (Å²) < 4.78 is 6.35. The van der Waals surface area contributed by atoms with Crippen molar-refractivity contribution < 1.29 is 4.42 Å². The van der Waals surface area contributed by atoms with Crippen molar-refractivity contribution >= 4 is 51.3 Å². The lowest BCUT2D eigenvalue weighted by Gasteiger charge is -2.05. The fraction of sp³-hybridized carbons (Fsp3) is 0.0588. The molecule has 0 fully saturated rings. The van der Waals surface area contributed by atoms with Crippen LogP contribution >= 0.6 is 34.5 Å². The smallest absolute Gasteiger partial charge is 0.227 e. The standard InChI is InChI=1S/C17H11Cl2N3OS/c18-11-4-5-15-14(7-11)22-16(23-15)10-2-1-3-12(6-10)20-8-13-9-21-17(19)24-13/h1-7,9,20H,8H2. The Hall–Kier alpha value is -2.08. The molecule has 2 heterocycles. The van der Waals surface area contributed by atoms with Gasteiger partial charge in [-0.05, 0) is 36.4 Å². The molecule has 2 aromatic heterocycles. The molecule has 0 spiro atoms. The minimum absolute atomic E-state index is 0.547. The molecule has 24 heavy (non-hydrogen) atoms. The van der Waals surface area contributed by atoms with Gasteiger partial charge >= 0.3 is 0 Å². The van der Waals surface area contributed by atoms with Gasteiger partial charge in [-0.25, -0.2) is 9.97 Å².